The van der Waals surface area contributed by atoms with E-state index in [1.54, 1.807) is 32.4 Å². The van der Waals surface area contributed by atoms with E-state index >= 15 is 0 Å². The number of oxazole rings is 1. The van der Waals surface area contributed by atoms with Crippen molar-refractivity contribution in [2.24, 2.45) is 5.41 Å². The summed E-state index contributed by atoms with van der Waals surface area (Å²) < 4.78 is 6.42. The summed E-state index contributed by atoms with van der Waals surface area (Å²) in [5.41, 5.74) is 1.15. The number of hydrogen-bond donors (Lipinski definition) is 4. The van der Waals surface area contributed by atoms with Crippen LogP contribution in [0.5, 0.6) is 0 Å². The van der Waals surface area contributed by atoms with Crippen LogP contribution in [0.3, 0.4) is 0 Å². The van der Waals surface area contributed by atoms with Crippen molar-refractivity contribution in [1.82, 2.24) is 29.7 Å². The third-order valence-electron chi connectivity index (χ3n) is 6.88. The van der Waals surface area contributed by atoms with Crippen molar-refractivity contribution < 1.29 is 23.9 Å². The predicted octanol–water partition coefficient (Wildman–Crippen LogP) is 3.00. The Bertz CT molecular complexity index is 1710. The molecule has 2 unspecified atom stereocenters. The first-order chi connectivity index (χ1) is 20.8. The number of carbonyl (C=O) groups is 3. The fourth-order valence-electron chi connectivity index (χ4n) is 4.43. The molecule has 4 aromatic rings. The number of para-hydroxylation sites is 1. The van der Waals surface area contributed by atoms with Crippen molar-refractivity contribution in [3.63, 3.8) is 0 Å². The van der Waals surface area contributed by atoms with Crippen LogP contribution in [0.15, 0.2) is 70.4 Å². The zero-order valence-corrected chi connectivity index (χ0v) is 25.3. The SMILES string of the molecule is CN(C)C(=O)C=CCCC(NC(=O)c1ncco1)C(=O)Nc1cccn(Cc2nc3c(C(O)C(C)(C)C)cccc3[nH]2)c1=O. The topological polar surface area (TPSA) is 175 Å². The molecule has 3 aromatic heterocycles. The highest BCUT2D eigenvalue weighted by atomic mass is 16.3. The second-order valence-electron chi connectivity index (χ2n) is 11.6. The second-order valence-corrected chi connectivity index (χ2v) is 11.6. The lowest BCUT2D eigenvalue weighted by Gasteiger charge is -2.26. The number of anilines is 1. The van der Waals surface area contributed by atoms with Gasteiger partial charge < -0.3 is 34.6 Å². The molecular formula is C31H37N7O6. The van der Waals surface area contributed by atoms with Crippen LogP contribution < -0.4 is 16.2 Å². The molecule has 13 heteroatoms. The Kier molecular flexibility index (Phi) is 9.79. The quantitative estimate of drug-likeness (QED) is 0.189. The Hall–Kier alpha value is -5.04. The number of imidazole rings is 1. The van der Waals surface area contributed by atoms with E-state index in [0.717, 1.165) is 5.52 Å². The summed E-state index contributed by atoms with van der Waals surface area (Å²) in [7, 11) is 3.24. The van der Waals surface area contributed by atoms with Gasteiger partial charge in [-0.1, -0.05) is 39.0 Å². The number of hydrogen-bond acceptors (Lipinski definition) is 8. The zero-order chi connectivity index (χ0) is 32.0. The van der Waals surface area contributed by atoms with Crippen LogP contribution in [0.2, 0.25) is 0 Å². The maximum absolute atomic E-state index is 13.4. The number of aromatic amines is 1. The molecule has 0 saturated heterocycles. The van der Waals surface area contributed by atoms with Gasteiger partial charge >= 0.3 is 5.91 Å². The standard InChI is InChI=1S/C31H37N7O6/c1-31(2,3)26(40)19-10-8-12-20-25(19)36-23(33-20)18-38-16-9-13-22(30(38)43)35-27(41)21(11-6-7-14-24(39)37(4)5)34-28(42)29-32-15-17-44-29/h7-10,12-17,21,26,40H,6,11,18H2,1-5H3,(H,33,36)(H,34,42)(H,35,41). The van der Waals surface area contributed by atoms with E-state index in [1.807, 2.05) is 39.0 Å². The number of carbonyl (C=O) groups excluding carboxylic acids is 3. The van der Waals surface area contributed by atoms with Gasteiger partial charge in [0, 0.05) is 25.9 Å². The number of fused-ring (bicyclic) bond motifs is 1. The molecule has 232 valence electrons. The van der Waals surface area contributed by atoms with Crippen molar-refractivity contribution in [3.05, 3.63) is 88.8 Å². The van der Waals surface area contributed by atoms with Gasteiger partial charge in [-0.15, -0.1) is 0 Å². The summed E-state index contributed by atoms with van der Waals surface area (Å²) in [6, 6.07) is 7.54. The number of amides is 3. The molecular weight excluding hydrogens is 566 g/mol. The number of aliphatic hydroxyl groups is 1. The summed E-state index contributed by atoms with van der Waals surface area (Å²) in [5, 5.41) is 16.1. The van der Waals surface area contributed by atoms with Gasteiger partial charge in [0.15, 0.2) is 0 Å². The number of nitrogens with one attached hydrogen (secondary N) is 3. The Labute approximate surface area is 254 Å². The van der Waals surface area contributed by atoms with E-state index in [9.17, 15) is 24.3 Å². The van der Waals surface area contributed by atoms with E-state index < -0.39 is 34.9 Å². The average Bonchev–Trinajstić information content (AvgIpc) is 3.65. The zero-order valence-electron chi connectivity index (χ0n) is 25.3. The van der Waals surface area contributed by atoms with Gasteiger partial charge in [-0.25, -0.2) is 9.97 Å². The first-order valence-electron chi connectivity index (χ1n) is 14.1. The van der Waals surface area contributed by atoms with Crippen LogP contribution in [0.1, 0.15) is 61.8 Å². The van der Waals surface area contributed by atoms with Crippen molar-refractivity contribution >= 4 is 34.4 Å². The van der Waals surface area contributed by atoms with E-state index in [1.165, 1.54) is 34.1 Å². The van der Waals surface area contributed by atoms with E-state index in [-0.39, 0.29) is 30.5 Å². The highest BCUT2D eigenvalue weighted by Gasteiger charge is 2.27. The smallest absolute Gasteiger partial charge is 0.307 e. The predicted molar refractivity (Wildman–Crippen MR) is 164 cm³/mol. The van der Waals surface area contributed by atoms with Crippen LogP contribution >= 0.6 is 0 Å². The number of aliphatic hydroxyl groups excluding tert-OH is 1. The molecule has 3 amide bonds. The maximum Gasteiger partial charge on any atom is 0.307 e. The number of pyridine rings is 1. The Balaban J connectivity index is 1.52. The van der Waals surface area contributed by atoms with Crippen molar-refractivity contribution in [1.29, 1.82) is 0 Å². The monoisotopic (exact) mass is 603 g/mol. The van der Waals surface area contributed by atoms with Crippen molar-refractivity contribution in [3.8, 4) is 0 Å². The normalized spacial score (nSPS) is 13.1. The van der Waals surface area contributed by atoms with Crippen molar-refractivity contribution in [2.75, 3.05) is 19.4 Å². The van der Waals surface area contributed by atoms with E-state index in [2.05, 4.69) is 25.6 Å². The lowest BCUT2D eigenvalue weighted by atomic mass is 9.84. The van der Waals surface area contributed by atoms with Gasteiger partial charge in [-0.05, 0) is 42.5 Å². The average molecular weight is 604 g/mol. The number of nitrogens with zero attached hydrogens (tertiary/aromatic N) is 4. The van der Waals surface area contributed by atoms with Gasteiger partial charge in [-0.2, -0.15) is 0 Å². The van der Waals surface area contributed by atoms with E-state index in [0.29, 0.717) is 23.3 Å². The van der Waals surface area contributed by atoms with Gasteiger partial charge in [-0.3, -0.25) is 19.2 Å². The first kappa shape index (κ1) is 31.9. The van der Waals surface area contributed by atoms with Crippen LogP contribution in [0.25, 0.3) is 11.0 Å². The minimum absolute atomic E-state index is 0.00570. The number of allylic oxidation sites excluding steroid dienone is 1. The van der Waals surface area contributed by atoms with Gasteiger partial charge in [0.05, 0.1) is 29.9 Å². The number of benzene rings is 1. The largest absolute Gasteiger partial charge is 0.441 e. The molecule has 0 bridgehead atoms. The molecule has 0 aliphatic carbocycles. The fourth-order valence-corrected chi connectivity index (χ4v) is 4.43. The van der Waals surface area contributed by atoms with Crippen LogP contribution in [0.4, 0.5) is 5.69 Å². The molecule has 0 aliphatic rings. The maximum atomic E-state index is 13.4. The Morgan fingerprint density at radius 3 is 2.64 bits per heavy atom. The summed E-state index contributed by atoms with van der Waals surface area (Å²) in [6.45, 7) is 5.90. The summed E-state index contributed by atoms with van der Waals surface area (Å²) >= 11 is 0. The van der Waals surface area contributed by atoms with Crippen LogP contribution in [-0.2, 0) is 16.1 Å². The minimum atomic E-state index is -1.07. The molecule has 0 spiro atoms. The highest BCUT2D eigenvalue weighted by molar-refractivity contribution is 5.99. The van der Waals surface area contributed by atoms with E-state index in [4.69, 9.17) is 4.42 Å². The number of aromatic nitrogens is 4. The Morgan fingerprint density at radius 2 is 1.95 bits per heavy atom. The summed E-state index contributed by atoms with van der Waals surface area (Å²) in [6.07, 6.45) is 6.79. The number of rotatable bonds is 11. The molecule has 0 aliphatic heterocycles. The van der Waals surface area contributed by atoms with Gasteiger partial charge in [0.1, 0.15) is 23.8 Å². The molecule has 2 atom stereocenters. The molecule has 4 N–H and O–H groups in total. The summed E-state index contributed by atoms with van der Waals surface area (Å²) in [5.74, 6) is -1.27. The lowest BCUT2D eigenvalue weighted by Crippen LogP contribution is -2.44. The summed E-state index contributed by atoms with van der Waals surface area (Å²) in [4.78, 5) is 64.2. The molecule has 4 rings (SSSR count). The second kappa shape index (κ2) is 13.5. The third-order valence-corrected chi connectivity index (χ3v) is 6.88. The van der Waals surface area contributed by atoms with Crippen molar-refractivity contribution in [2.45, 2.75) is 52.3 Å². The number of likely N-dealkylation sites (N-methyl/N-ethyl adjacent to an activating group) is 1. The lowest BCUT2D eigenvalue weighted by molar-refractivity contribution is -0.123. The number of H-pyrrole nitrogens is 1. The fraction of sp³-hybridized carbons (Fsp3) is 0.355. The molecule has 0 fully saturated rings. The molecule has 0 saturated carbocycles. The molecule has 13 nitrogen and oxygen atoms in total. The van der Waals surface area contributed by atoms with Crippen LogP contribution in [-0.4, -0.2) is 67.4 Å². The molecule has 0 radical (unpaired) electrons. The molecule has 44 heavy (non-hydrogen) atoms. The first-order valence-corrected chi connectivity index (χ1v) is 14.1. The third kappa shape index (κ3) is 7.67. The molecule has 1 aromatic carbocycles. The highest BCUT2D eigenvalue weighted by Crippen LogP contribution is 2.35. The Morgan fingerprint density at radius 1 is 1.18 bits per heavy atom. The van der Waals surface area contributed by atoms with Gasteiger partial charge in [0.25, 0.3) is 11.4 Å². The molecule has 3 heterocycles. The minimum Gasteiger partial charge on any atom is -0.441 e. The van der Waals surface area contributed by atoms with Gasteiger partial charge in [0.2, 0.25) is 11.8 Å². The van der Waals surface area contributed by atoms with Crippen LogP contribution in [0, 0.1) is 5.41 Å².